The van der Waals surface area contributed by atoms with Crippen LogP contribution in [0.2, 0.25) is 0 Å². The van der Waals surface area contributed by atoms with Crippen LogP contribution < -0.4 is 0 Å². The average Bonchev–Trinajstić information content (AvgIpc) is 2.11. The quantitative estimate of drug-likeness (QED) is 0.679. The highest BCUT2D eigenvalue weighted by molar-refractivity contribution is 7.64. The summed E-state index contributed by atoms with van der Waals surface area (Å²) in [4.78, 5) is 20.1. The van der Waals surface area contributed by atoms with E-state index in [2.05, 4.69) is 32.6 Å². The van der Waals surface area contributed by atoms with Crippen molar-refractivity contribution in [1.82, 2.24) is 4.90 Å². The summed E-state index contributed by atoms with van der Waals surface area (Å²) in [6.07, 6.45) is 0. The molecular formula is C9H20N2O3P+. The standard InChI is InChI=1S/C9H20N2O3P/c1-8(2)11(9(3)4)5-6-14-15(12,13)7-10/h8-9,12-13H,5-6H2,1-4H3/q+1. The maximum Gasteiger partial charge on any atom is 0.521 e. The molecule has 0 aliphatic heterocycles. The smallest absolute Gasteiger partial charge is 0.296 e. The number of rotatable bonds is 6. The van der Waals surface area contributed by atoms with Gasteiger partial charge in [-0.15, -0.1) is 5.26 Å². The molecule has 0 atom stereocenters. The molecule has 2 N–H and O–H groups in total. The largest absolute Gasteiger partial charge is 0.521 e. The molecular weight excluding hydrogens is 215 g/mol. The number of nitriles is 1. The van der Waals surface area contributed by atoms with E-state index in [0.717, 1.165) is 0 Å². The Labute approximate surface area is 91.9 Å². The Balaban J connectivity index is 3.98. The van der Waals surface area contributed by atoms with Gasteiger partial charge in [0.2, 0.25) is 0 Å². The summed E-state index contributed by atoms with van der Waals surface area (Å²) in [5.41, 5.74) is 0. The molecule has 0 rings (SSSR count). The molecule has 0 aromatic rings. The van der Waals surface area contributed by atoms with Gasteiger partial charge < -0.3 is 0 Å². The second kappa shape index (κ2) is 6.37. The van der Waals surface area contributed by atoms with Gasteiger partial charge in [0.15, 0.2) is 0 Å². The average molecular weight is 235 g/mol. The summed E-state index contributed by atoms with van der Waals surface area (Å²) in [5, 5.41) is 8.34. The molecule has 0 aliphatic rings. The molecule has 0 unspecified atom stereocenters. The summed E-state index contributed by atoms with van der Waals surface area (Å²) < 4.78 is 4.73. The van der Waals surface area contributed by atoms with E-state index in [-0.39, 0.29) is 6.61 Å². The second-order valence-corrected chi connectivity index (χ2v) is 5.45. The molecule has 0 amide bonds. The first kappa shape index (κ1) is 14.8. The van der Waals surface area contributed by atoms with Crippen molar-refractivity contribution in [2.24, 2.45) is 0 Å². The van der Waals surface area contributed by atoms with Crippen molar-refractivity contribution in [3.05, 3.63) is 0 Å². The third-order valence-electron chi connectivity index (χ3n) is 2.08. The molecule has 15 heavy (non-hydrogen) atoms. The summed E-state index contributed by atoms with van der Waals surface area (Å²) in [5.74, 6) is 1.35. The SMILES string of the molecule is CC(C)N(CCO[P+](O)(O)C#N)C(C)C. The Morgan fingerprint density at radius 2 is 1.73 bits per heavy atom. The number of hydrogen-bond acceptors (Lipinski definition) is 5. The van der Waals surface area contributed by atoms with Crippen molar-refractivity contribution in [3.8, 4) is 5.81 Å². The highest BCUT2D eigenvalue weighted by atomic mass is 31.2. The van der Waals surface area contributed by atoms with E-state index in [9.17, 15) is 0 Å². The van der Waals surface area contributed by atoms with Crippen molar-refractivity contribution < 1.29 is 14.3 Å². The minimum atomic E-state index is -3.76. The first-order chi connectivity index (χ1) is 6.80. The van der Waals surface area contributed by atoms with Crippen LogP contribution in [0.25, 0.3) is 0 Å². The van der Waals surface area contributed by atoms with Gasteiger partial charge >= 0.3 is 13.8 Å². The third-order valence-corrected chi connectivity index (χ3v) is 2.88. The Bertz CT molecular complexity index is 218. The Kier molecular flexibility index (Phi) is 6.26. The van der Waals surface area contributed by atoms with Crippen LogP contribution in [0.1, 0.15) is 27.7 Å². The van der Waals surface area contributed by atoms with Gasteiger partial charge in [-0.25, -0.2) is 0 Å². The lowest BCUT2D eigenvalue weighted by molar-refractivity contribution is 0.131. The maximum absolute atomic E-state index is 8.98. The van der Waals surface area contributed by atoms with Gasteiger partial charge in [0.1, 0.15) is 6.61 Å². The van der Waals surface area contributed by atoms with Crippen LogP contribution in [0.15, 0.2) is 0 Å². The van der Waals surface area contributed by atoms with E-state index in [1.165, 1.54) is 5.81 Å². The van der Waals surface area contributed by atoms with Gasteiger partial charge in [0, 0.05) is 18.6 Å². The second-order valence-electron chi connectivity index (χ2n) is 3.90. The van der Waals surface area contributed by atoms with Gasteiger partial charge in [0.05, 0.1) is 0 Å². The molecule has 5 nitrogen and oxygen atoms in total. The molecule has 88 valence electrons. The number of hydrogen-bond donors (Lipinski definition) is 2. The van der Waals surface area contributed by atoms with Crippen LogP contribution in [0.3, 0.4) is 0 Å². The lowest BCUT2D eigenvalue weighted by Gasteiger charge is -2.29. The van der Waals surface area contributed by atoms with Crippen LogP contribution in [0.4, 0.5) is 0 Å². The molecule has 0 spiro atoms. The van der Waals surface area contributed by atoms with Crippen LogP contribution in [0, 0.1) is 11.1 Å². The van der Waals surface area contributed by atoms with E-state index in [4.69, 9.17) is 19.6 Å². The topological polar surface area (TPSA) is 76.7 Å². The van der Waals surface area contributed by atoms with Crippen LogP contribution in [0.5, 0.6) is 0 Å². The minimum absolute atomic E-state index is 0.157. The fourth-order valence-corrected chi connectivity index (χ4v) is 1.81. The Hall–Kier alpha value is -0.240. The molecule has 0 aromatic heterocycles. The summed E-state index contributed by atoms with van der Waals surface area (Å²) in [6, 6.07) is 0.724. The molecule has 0 radical (unpaired) electrons. The van der Waals surface area contributed by atoms with E-state index in [0.29, 0.717) is 18.6 Å². The van der Waals surface area contributed by atoms with E-state index >= 15 is 0 Å². The van der Waals surface area contributed by atoms with E-state index < -0.39 is 7.94 Å². The fraction of sp³-hybridized carbons (Fsp3) is 0.889. The Morgan fingerprint density at radius 3 is 2.07 bits per heavy atom. The molecule has 0 aliphatic carbocycles. The summed E-state index contributed by atoms with van der Waals surface area (Å²) in [6.45, 7) is 8.98. The van der Waals surface area contributed by atoms with Crippen LogP contribution in [-0.2, 0) is 4.52 Å². The zero-order valence-corrected chi connectivity index (χ0v) is 10.6. The highest BCUT2D eigenvalue weighted by Crippen LogP contribution is 2.49. The van der Waals surface area contributed by atoms with Gasteiger partial charge in [-0.1, -0.05) is 0 Å². The Morgan fingerprint density at radius 1 is 1.27 bits per heavy atom. The van der Waals surface area contributed by atoms with Gasteiger partial charge in [-0.05, 0) is 27.7 Å². The van der Waals surface area contributed by atoms with Crippen molar-refractivity contribution in [3.63, 3.8) is 0 Å². The highest BCUT2D eigenvalue weighted by Gasteiger charge is 2.37. The molecule has 0 bridgehead atoms. The monoisotopic (exact) mass is 235 g/mol. The molecule has 0 saturated carbocycles. The molecule has 0 heterocycles. The van der Waals surface area contributed by atoms with E-state index in [1.54, 1.807) is 0 Å². The summed E-state index contributed by atoms with van der Waals surface area (Å²) in [7, 11) is -3.76. The first-order valence-corrected chi connectivity index (χ1v) is 6.57. The summed E-state index contributed by atoms with van der Waals surface area (Å²) >= 11 is 0. The third kappa shape index (κ3) is 6.03. The van der Waals surface area contributed by atoms with Crippen molar-refractivity contribution in [2.75, 3.05) is 13.2 Å². The van der Waals surface area contributed by atoms with Gasteiger partial charge in [-0.3, -0.25) is 4.90 Å². The molecule has 0 fully saturated rings. The van der Waals surface area contributed by atoms with E-state index in [1.807, 2.05) is 0 Å². The van der Waals surface area contributed by atoms with Gasteiger partial charge in [0.25, 0.3) is 0 Å². The van der Waals surface area contributed by atoms with Crippen LogP contribution in [-0.4, -0.2) is 39.9 Å². The lowest BCUT2D eigenvalue weighted by atomic mass is 10.2. The van der Waals surface area contributed by atoms with Crippen molar-refractivity contribution in [1.29, 1.82) is 5.26 Å². The number of nitrogens with zero attached hydrogens (tertiary/aromatic N) is 2. The minimum Gasteiger partial charge on any atom is -0.296 e. The predicted octanol–water partition coefficient (Wildman–Crippen LogP) is 1.35. The lowest BCUT2D eigenvalue weighted by Crippen LogP contribution is -2.39. The molecule has 0 aromatic carbocycles. The maximum atomic E-state index is 8.98. The van der Waals surface area contributed by atoms with Crippen molar-refractivity contribution in [2.45, 2.75) is 39.8 Å². The molecule has 0 saturated heterocycles. The predicted molar refractivity (Wildman–Crippen MR) is 59.9 cm³/mol. The zero-order valence-electron chi connectivity index (χ0n) is 9.71. The van der Waals surface area contributed by atoms with Gasteiger partial charge in [-0.2, -0.15) is 14.3 Å². The first-order valence-electron chi connectivity index (χ1n) is 4.96. The normalized spacial score (nSPS) is 12.5. The fourth-order valence-electron chi connectivity index (χ4n) is 1.42. The van der Waals surface area contributed by atoms with Crippen LogP contribution >= 0.6 is 7.94 Å². The molecule has 6 heteroatoms. The van der Waals surface area contributed by atoms with Crippen molar-refractivity contribution >= 4 is 7.94 Å². The zero-order chi connectivity index (χ0) is 12.1.